The van der Waals surface area contributed by atoms with Gasteiger partial charge in [0.1, 0.15) is 11.9 Å². The Morgan fingerprint density at radius 1 is 1.60 bits per heavy atom. The smallest absolute Gasteiger partial charge is 0.311 e. The number of rotatable bonds is 2. The molecule has 0 amide bonds. The Balaban J connectivity index is 3.06. The van der Waals surface area contributed by atoms with Crippen molar-refractivity contribution in [2.45, 2.75) is 6.42 Å². The van der Waals surface area contributed by atoms with Crippen LogP contribution in [0.15, 0.2) is 12.4 Å². The molecule has 1 aromatic heterocycles. The quantitative estimate of drug-likeness (QED) is 0.358. The molecule has 5 nitrogen and oxygen atoms in total. The summed E-state index contributed by atoms with van der Waals surface area (Å²) in [6.07, 6.45) is 3.00. The van der Waals surface area contributed by atoms with Gasteiger partial charge in [0, 0.05) is 18.5 Å². The molecule has 1 aromatic rings. The van der Waals surface area contributed by atoms with Crippen molar-refractivity contribution in [2.75, 3.05) is 11.6 Å². The molecule has 0 aliphatic heterocycles. The normalized spacial score (nSPS) is 9.13. The number of hydrogen-bond acceptors (Lipinski definition) is 4. The molecule has 0 aliphatic carbocycles. The summed E-state index contributed by atoms with van der Waals surface area (Å²) in [5, 5.41) is 10.5. The number of alkyl halides is 1. The fourth-order valence-corrected chi connectivity index (χ4v) is 1.00. The maximum atomic E-state index is 10.5. The summed E-state index contributed by atoms with van der Waals surface area (Å²) in [7, 11) is 0. The van der Waals surface area contributed by atoms with Crippen LogP contribution < -0.4 is 5.73 Å². The predicted molar refractivity (Wildman–Crippen MR) is 57.5 cm³/mol. The van der Waals surface area contributed by atoms with E-state index in [-0.39, 0.29) is 11.4 Å². The lowest BCUT2D eigenvalue weighted by Crippen LogP contribution is -1.99. The molecule has 0 atom stereocenters. The molecule has 0 saturated heterocycles. The molecule has 0 unspecified atom stereocenters. The average molecular weight is 226 g/mol. The van der Waals surface area contributed by atoms with Gasteiger partial charge in [-0.15, -0.1) is 11.6 Å². The van der Waals surface area contributed by atoms with Gasteiger partial charge < -0.3 is 5.73 Å². The van der Waals surface area contributed by atoms with Crippen molar-refractivity contribution in [1.29, 1.82) is 0 Å². The molecule has 1 rings (SSSR count). The number of nitrogen functional groups attached to an aromatic ring is 1. The van der Waals surface area contributed by atoms with Crippen LogP contribution in [0.5, 0.6) is 0 Å². The number of nitro groups is 1. The van der Waals surface area contributed by atoms with Crippen LogP contribution in [0.3, 0.4) is 0 Å². The predicted octanol–water partition coefficient (Wildman–Crippen LogP) is 1.55. The van der Waals surface area contributed by atoms with E-state index in [0.29, 0.717) is 17.9 Å². The van der Waals surface area contributed by atoms with Gasteiger partial charge in [0.2, 0.25) is 0 Å². The zero-order valence-corrected chi connectivity index (χ0v) is 8.49. The number of pyridine rings is 1. The molecule has 0 aromatic carbocycles. The molecule has 78 valence electrons. The molecule has 0 fully saturated rings. The minimum atomic E-state index is -0.588. The fourth-order valence-electron chi connectivity index (χ4n) is 0.910. The molecule has 0 radical (unpaired) electrons. The van der Waals surface area contributed by atoms with Crippen molar-refractivity contribution in [3.8, 4) is 11.8 Å². The summed E-state index contributed by atoms with van der Waals surface area (Å²) in [5.74, 6) is 5.83. The second kappa shape index (κ2) is 5.17. The Bertz CT molecular complexity index is 437. The van der Waals surface area contributed by atoms with Gasteiger partial charge in [-0.25, -0.2) is 0 Å². The van der Waals surface area contributed by atoms with Crippen LogP contribution in [0.2, 0.25) is 0 Å². The lowest BCUT2D eigenvalue weighted by molar-refractivity contribution is -0.384. The van der Waals surface area contributed by atoms with E-state index >= 15 is 0 Å². The van der Waals surface area contributed by atoms with Gasteiger partial charge in [0.15, 0.2) is 0 Å². The van der Waals surface area contributed by atoms with Gasteiger partial charge in [-0.05, 0) is 0 Å². The summed E-state index contributed by atoms with van der Waals surface area (Å²) < 4.78 is 0. The molecular formula is C9H8ClN3O2. The summed E-state index contributed by atoms with van der Waals surface area (Å²) in [6, 6.07) is 0. The van der Waals surface area contributed by atoms with Gasteiger partial charge in [-0.1, -0.05) is 11.8 Å². The van der Waals surface area contributed by atoms with Crippen LogP contribution >= 0.6 is 11.6 Å². The van der Waals surface area contributed by atoms with Crippen molar-refractivity contribution >= 4 is 23.0 Å². The van der Waals surface area contributed by atoms with Gasteiger partial charge in [0.05, 0.1) is 10.5 Å². The summed E-state index contributed by atoms with van der Waals surface area (Å²) in [4.78, 5) is 13.6. The number of aromatic nitrogens is 1. The third-order valence-corrected chi connectivity index (χ3v) is 1.79. The van der Waals surface area contributed by atoms with E-state index in [9.17, 15) is 10.1 Å². The Labute approximate surface area is 91.4 Å². The standard InChI is InChI=1S/C9H8ClN3O2/c10-4-2-1-3-7-5-12-6-8(9(7)11)13(14)15/h5-6H,2,4H2,(H2,11,12). The molecule has 15 heavy (non-hydrogen) atoms. The Hall–Kier alpha value is -1.80. The summed E-state index contributed by atoms with van der Waals surface area (Å²) >= 11 is 5.43. The van der Waals surface area contributed by atoms with Crippen LogP contribution in [0.25, 0.3) is 0 Å². The van der Waals surface area contributed by atoms with Crippen molar-refractivity contribution < 1.29 is 4.92 Å². The fraction of sp³-hybridized carbons (Fsp3) is 0.222. The van der Waals surface area contributed by atoms with Gasteiger partial charge in [0.25, 0.3) is 0 Å². The highest BCUT2D eigenvalue weighted by molar-refractivity contribution is 6.18. The van der Waals surface area contributed by atoms with Crippen LogP contribution in [0, 0.1) is 22.0 Å². The Morgan fingerprint density at radius 2 is 2.33 bits per heavy atom. The Kier molecular flexibility index (Phi) is 3.89. The first-order valence-corrected chi connectivity index (χ1v) is 4.63. The van der Waals surface area contributed by atoms with Crippen LogP contribution in [-0.2, 0) is 0 Å². The zero-order chi connectivity index (χ0) is 11.3. The monoisotopic (exact) mass is 225 g/mol. The largest absolute Gasteiger partial charge is 0.392 e. The maximum Gasteiger partial charge on any atom is 0.311 e. The third kappa shape index (κ3) is 2.82. The van der Waals surface area contributed by atoms with Crippen molar-refractivity contribution in [3.05, 3.63) is 28.1 Å². The number of hydrogen-bond donors (Lipinski definition) is 1. The molecule has 0 aliphatic rings. The number of halogens is 1. The first-order valence-electron chi connectivity index (χ1n) is 4.09. The number of nitrogens with zero attached hydrogens (tertiary/aromatic N) is 2. The highest BCUT2D eigenvalue weighted by atomic mass is 35.5. The molecule has 2 N–H and O–H groups in total. The molecular weight excluding hydrogens is 218 g/mol. The summed E-state index contributed by atoms with van der Waals surface area (Å²) in [6.45, 7) is 0. The second-order valence-electron chi connectivity index (χ2n) is 2.62. The van der Waals surface area contributed by atoms with Crippen molar-refractivity contribution in [3.63, 3.8) is 0 Å². The van der Waals surface area contributed by atoms with E-state index in [1.807, 2.05) is 0 Å². The van der Waals surface area contributed by atoms with E-state index in [4.69, 9.17) is 17.3 Å². The lowest BCUT2D eigenvalue weighted by atomic mass is 10.2. The van der Waals surface area contributed by atoms with E-state index in [0.717, 1.165) is 6.20 Å². The van der Waals surface area contributed by atoms with Gasteiger partial charge in [-0.3, -0.25) is 15.1 Å². The molecule has 6 heteroatoms. The second-order valence-corrected chi connectivity index (χ2v) is 3.00. The van der Waals surface area contributed by atoms with Crippen LogP contribution in [-0.4, -0.2) is 15.8 Å². The van der Waals surface area contributed by atoms with E-state index < -0.39 is 4.92 Å². The summed E-state index contributed by atoms with van der Waals surface area (Å²) in [5.41, 5.74) is 5.72. The van der Waals surface area contributed by atoms with Gasteiger partial charge >= 0.3 is 5.69 Å². The minimum Gasteiger partial charge on any atom is -0.392 e. The highest BCUT2D eigenvalue weighted by Crippen LogP contribution is 2.22. The van der Waals surface area contributed by atoms with E-state index in [1.54, 1.807) is 0 Å². The van der Waals surface area contributed by atoms with Crippen LogP contribution in [0.4, 0.5) is 11.4 Å². The van der Waals surface area contributed by atoms with Gasteiger partial charge in [-0.2, -0.15) is 0 Å². The van der Waals surface area contributed by atoms with Crippen molar-refractivity contribution in [2.24, 2.45) is 0 Å². The molecule has 0 spiro atoms. The SMILES string of the molecule is Nc1c(C#CCCCl)cncc1[N+](=O)[O-]. The number of anilines is 1. The van der Waals surface area contributed by atoms with Crippen molar-refractivity contribution in [1.82, 2.24) is 4.98 Å². The van der Waals surface area contributed by atoms with Crippen LogP contribution in [0.1, 0.15) is 12.0 Å². The highest BCUT2D eigenvalue weighted by Gasteiger charge is 2.13. The topological polar surface area (TPSA) is 82.0 Å². The third-order valence-electron chi connectivity index (χ3n) is 1.61. The zero-order valence-electron chi connectivity index (χ0n) is 7.74. The minimum absolute atomic E-state index is 0.0390. The first kappa shape index (κ1) is 11.3. The van der Waals surface area contributed by atoms with E-state index in [2.05, 4.69) is 16.8 Å². The van der Waals surface area contributed by atoms with E-state index in [1.165, 1.54) is 6.20 Å². The Morgan fingerprint density at radius 3 is 2.93 bits per heavy atom. The molecule has 0 saturated carbocycles. The average Bonchev–Trinajstić information content (AvgIpc) is 2.20. The number of nitrogens with two attached hydrogens (primary N) is 1. The molecule has 1 heterocycles. The maximum absolute atomic E-state index is 10.5. The first-order chi connectivity index (χ1) is 7.16. The lowest BCUT2D eigenvalue weighted by Gasteiger charge is -1.97. The molecule has 0 bridgehead atoms.